The second kappa shape index (κ2) is 4.46. The number of benzene rings is 1. The predicted molar refractivity (Wildman–Crippen MR) is 46.0 cm³/mol. The van der Waals surface area contributed by atoms with Gasteiger partial charge in [0, 0.05) is 5.69 Å². The maximum Gasteiger partial charge on any atom is 0.428 e. The average Bonchev–Trinajstić information content (AvgIpc) is 2.19. The summed E-state index contributed by atoms with van der Waals surface area (Å²) in [5, 5.41) is 1.67. The van der Waals surface area contributed by atoms with Gasteiger partial charge >= 0.3 is 6.18 Å². The minimum Gasteiger partial charge on any atom is -0.323 e. The van der Waals surface area contributed by atoms with E-state index in [1.807, 2.05) is 0 Å². The highest BCUT2D eigenvalue weighted by molar-refractivity contribution is 5.94. The summed E-state index contributed by atoms with van der Waals surface area (Å²) in [6.07, 6.45) is -8.85. The first kappa shape index (κ1) is 12.4. The number of amides is 1. The predicted octanol–water partition coefficient (Wildman–Crippen LogP) is 2.66. The third-order valence-corrected chi connectivity index (χ3v) is 1.63. The number of hydrogen-bond donors (Lipinski definition) is 1. The Labute approximate surface area is 87.1 Å². The summed E-state index contributed by atoms with van der Waals surface area (Å²) < 4.78 is 60.2. The van der Waals surface area contributed by atoms with E-state index in [0.717, 1.165) is 24.3 Å². The van der Waals surface area contributed by atoms with Crippen molar-refractivity contribution in [3.05, 3.63) is 30.1 Å². The molecule has 1 aromatic rings. The Kier molecular flexibility index (Phi) is 3.46. The molecule has 0 unspecified atom stereocenters. The van der Waals surface area contributed by atoms with Gasteiger partial charge in [0.25, 0.3) is 12.1 Å². The summed E-state index contributed by atoms with van der Waals surface area (Å²) in [6, 6.07) is 3.90. The smallest absolute Gasteiger partial charge is 0.323 e. The number of rotatable bonds is 2. The van der Waals surface area contributed by atoms with Crippen LogP contribution in [-0.2, 0) is 4.79 Å². The van der Waals surface area contributed by atoms with Crippen LogP contribution in [0.2, 0.25) is 0 Å². The van der Waals surface area contributed by atoms with E-state index in [1.165, 1.54) is 0 Å². The first-order chi connectivity index (χ1) is 7.30. The van der Waals surface area contributed by atoms with E-state index in [2.05, 4.69) is 0 Å². The van der Waals surface area contributed by atoms with Crippen LogP contribution in [0.15, 0.2) is 24.3 Å². The summed E-state index contributed by atoms with van der Waals surface area (Å²) >= 11 is 0. The number of carbonyl (C=O) groups excluding carboxylic acids is 1. The quantitative estimate of drug-likeness (QED) is 0.790. The van der Waals surface area contributed by atoms with Gasteiger partial charge in [-0.15, -0.1) is 0 Å². The zero-order valence-corrected chi connectivity index (χ0v) is 7.68. The van der Waals surface area contributed by atoms with Crippen molar-refractivity contribution in [1.29, 1.82) is 0 Å². The fourth-order valence-electron chi connectivity index (χ4n) is 0.887. The molecule has 1 rings (SSSR count). The van der Waals surface area contributed by atoms with Gasteiger partial charge in [0.15, 0.2) is 0 Å². The van der Waals surface area contributed by atoms with Gasteiger partial charge in [0.2, 0.25) is 0 Å². The van der Waals surface area contributed by atoms with Crippen LogP contribution in [0, 0.1) is 5.82 Å². The van der Waals surface area contributed by atoms with Crippen LogP contribution in [-0.4, -0.2) is 18.3 Å². The maximum absolute atomic E-state index is 12.5. The molecule has 1 atom stereocenters. The second-order valence-electron chi connectivity index (χ2n) is 2.90. The van der Waals surface area contributed by atoms with Gasteiger partial charge in [-0.3, -0.25) is 4.79 Å². The van der Waals surface area contributed by atoms with Crippen LogP contribution < -0.4 is 5.32 Å². The molecule has 88 valence electrons. The Hall–Kier alpha value is -1.66. The minimum atomic E-state index is -5.25. The van der Waals surface area contributed by atoms with Crippen LogP contribution in [0.3, 0.4) is 0 Å². The third-order valence-electron chi connectivity index (χ3n) is 1.63. The number of alkyl halides is 4. The minimum absolute atomic E-state index is 0.113. The number of halogens is 5. The van der Waals surface area contributed by atoms with Crippen molar-refractivity contribution in [2.75, 3.05) is 5.32 Å². The summed E-state index contributed by atoms with van der Waals surface area (Å²) in [5.74, 6) is -2.45. The lowest BCUT2D eigenvalue weighted by atomic mass is 10.3. The summed E-state index contributed by atoms with van der Waals surface area (Å²) in [5.41, 5.74) is -0.113. The fourth-order valence-corrected chi connectivity index (χ4v) is 0.887. The van der Waals surface area contributed by atoms with Crippen molar-refractivity contribution in [2.24, 2.45) is 0 Å². The fraction of sp³-hybridized carbons (Fsp3) is 0.222. The van der Waals surface area contributed by atoms with E-state index >= 15 is 0 Å². The van der Waals surface area contributed by atoms with Crippen molar-refractivity contribution in [3.63, 3.8) is 0 Å². The molecule has 0 aliphatic carbocycles. The number of nitrogens with one attached hydrogen (secondary N) is 1. The maximum atomic E-state index is 12.5. The number of hydrogen-bond acceptors (Lipinski definition) is 1. The standard InChI is InChI=1S/C9H6F5NO/c10-5-1-3-6(4-2-5)15-8(16)7(11)9(12,13)14/h1-4,7H,(H,15,16)/t7-/m0/s1. The molecule has 0 heterocycles. The van der Waals surface area contributed by atoms with E-state index in [4.69, 9.17) is 0 Å². The highest BCUT2D eigenvalue weighted by Crippen LogP contribution is 2.24. The summed E-state index contributed by atoms with van der Waals surface area (Å²) in [7, 11) is 0. The lowest BCUT2D eigenvalue weighted by molar-refractivity contribution is -0.183. The van der Waals surface area contributed by atoms with E-state index in [9.17, 15) is 26.7 Å². The average molecular weight is 239 g/mol. The van der Waals surface area contributed by atoms with Gasteiger partial charge < -0.3 is 5.32 Å². The van der Waals surface area contributed by atoms with E-state index in [0.29, 0.717) is 0 Å². The Balaban J connectivity index is 2.68. The highest BCUT2D eigenvalue weighted by Gasteiger charge is 2.45. The van der Waals surface area contributed by atoms with Crippen molar-refractivity contribution < 1.29 is 26.7 Å². The molecular weight excluding hydrogens is 233 g/mol. The molecule has 16 heavy (non-hydrogen) atoms. The molecule has 1 amide bonds. The molecule has 0 fully saturated rings. The molecule has 0 saturated carbocycles. The van der Waals surface area contributed by atoms with Crippen molar-refractivity contribution >= 4 is 11.6 Å². The van der Waals surface area contributed by atoms with Crippen LogP contribution in [0.25, 0.3) is 0 Å². The number of carbonyl (C=O) groups is 1. The zero-order valence-electron chi connectivity index (χ0n) is 7.68. The Bertz CT molecular complexity index is 372. The molecule has 0 radical (unpaired) electrons. The molecule has 1 aromatic carbocycles. The molecule has 0 aliphatic heterocycles. The SMILES string of the molecule is O=C(Nc1ccc(F)cc1)[C@H](F)C(F)(F)F. The molecule has 1 N–H and O–H groups in total. The van der Waals surface area contributed by atoms with Gasteiger partial charge in [-0.1, -0.05) is 0 Å². The van der Waals surface area contributed by atoms with E-state index < -0.39 is 24.1 Å². The van der Waals surface area contributed by atoms with Gasteiger partial charge in [0.1, 0.15) is 5.82 Å². The van der Waals surface area contributed by atoms with Gasteiger partial charge in [-0.2, -0.15) is 13.2 Å². The van der Waals surface area contributed by atoms with Crippen molar-refractivity contribution in [3.8, 4) is 0 Å². The van der Waals surface area contributed by atoms with Crippen LogP contribution >= 0.6 is 0 Å². The Morgan fingerprint density at radius 1 is 1.19 bits per heavy atom. The van der Waals surface area contributed by atoms with E-state index in [-0.39, 0.29) is 5.69 Å². The van der Waals surface area contributed by atoms with Gasteiger partial charge in [-0.25, -0.2) is 8.78 Å². The highest BCUT2D eigenvalue weighted by atomic mass is 19.4. The summed E-state index contributed by atoms with van der Waals surface area (Å²) in [4.78, 5) is 10.7. The number of anilines is 1. The van der Waals surface area contributed by atoms with Crippen molar-refractivity contribution in [2.45, 2.75) is 12.3 Å². The first-order valence-corrected chi connectivity index (χ1v) is 4.08. The molecule has 7 heteroatoms. The summed E-state index contributed by atoms with van der Waals surface area (Å²) in [6.45, 7) is 0. The molecule has 0 aliphatic rings. The van der Waals surface area contributed by atoms with Crippen LogP contribution in [0.1, 0.15) is 0 Å². The van der Waals surface area contributed by atoms with Crippen LogP contribution in [0.5, 0.6) is 0 Å². The molecule has 0 aromatic heterocycles. The monoisotopic (exact) mass is 239 g/mol. The van der Waals surface area contributed by atoms with E-state index in [1.54, 1.807) is 5.32 Å². The molecule has 0 spiro atoms. The van der Waals surface area contributed by atoms with Crippen LogP contribution in [0.4, 0.5) is 27.6 Å². The normalized spacial score (nSPS) is 13.3. The molecular formula is C9H6F5NO. The lowest BCUT2D eigenvalue weighted by Crippen LogP contribution is -2.36. The largest absolute Gasteiger partial charge is 0.428 e. The second-order valence-corrected chi connectivity index (χ2v) is 2.90. The lowest BCUT2D eigenvalue weighted by Gasteiger charge is -2.12. The Morgan fingerprint density at radius 3 is 2.12 bits per heavy atom. The topological polar surface area (TPSA) is 29.1 Å². The van der Waals surface area contributed by atoms with Gasteiger partial charge in [-0.05, 0) is 24.3 Å². The van der Waals surface area contributed by atoms with Crippen molar-refractivity contribution in [1.82, 2.24) is 0 Å². The van der Waals surface area contributed by atoms with Gasteiger partial charge in [0.05, 0.1) is 0 Å². The first-order valence-electron chi connectivity index (χ1n) is 4.08. The Morgan fingerprint density at radius 2 is 1.69 bits per heavy atom. The molecule has 0 saturated heterocycles. The molecule has 0 bridgehead atoms. The third kappa shape index (κ3) is 3.18. The zero-order chi connectivity index (χ0) is 12.3. The molecule has 2 nitrogen and oxygen atoms in total.